The molecule has 0 radical (unpaired) electrons. The molecule has 0 saturated heterocycles. The molecule has 2 amide bonds. The zero-order chi connectivity index (χ0) is 19.9. The van der Waals surface area contributed by atoms with Gasteiger partial charge in [-0.25, -0.2) is 22.4 Å². The van der Waals surface area contributed by atoms with Crippen LogP contribution in [0.2, 0.25) is 0 Å². The highest BCUT2D eigenvalue weighted by molar-refractivity contribution is 6.07. The number of anilines is 3. The van der Waals surface area contributed by atoms with Gasteiger partial charge in [0.2, 0.25) is 0 Å². The van der Waals surface area contributed by atoms with Crippen LogP contribution in [0.3, 0.4) is 0 Å². The van der Waals surface area contributed by atoms with Crippen LogP contribution in [0.4, 0.5) is 39.4 Å². The summed E-state index contributed by atoms with van der Waals surface area (Å²) in [6.07, 6.45) is 0.468. The Kier molecular flexibility index (Phi) is 4.99. The van der Waals surface area contributed by atoms with E-state index in [1.165, 1.54) is 11.9 Å². The first-order valence-corrected chi connectivity index (χ1v) is 8.55. The molecule has 1 unspecified atom stereocenters. The number of hydrogen-bond donors (Lipinski definition) is 0. The zero-order valence-electron chi connectivity index (χ0n) is 15.1. The molecule has 1 heterocycles. The first-order chi connectivity index (χ1) is 12.8. The molecule has 8 heteroatoms. The molecule has 3 rings (SSSR count). The standard InChI is InChI=1S/C19H19F4N3O/c1-4-9-25-11(2)26(14-8-6-5-7-13(14)25)19(27)24(3)15-10-12(20)16(21)18(23)17(15)22/h5-8,10-11H,4,9H2,1-3H3. The average molecular weight is 381 g/mol. The predicted molar refractivity (Wildman–Crippen MR) is 96.1 cm³/mol. The summed E-state index contributed by atoms with van der Waals surface area (Å²) in [5.41, 5.74) is 0.777. The minimum atomic E-state index is -1.95. The van der Waals surface area contributed by atoms with Crippen molar-refractivity contribution in [1.29, 1.82) is 0 Å². The van der Waals surface area contributed by atoms with Gasteiger partial charge in [0.05, 0.1) is 17.1 Å². The second-order valence-electron chi connectivity index (χ2n) is 6.35. The maximum Gasteiger partial charge on any atom is 0.330 e. The van der Waals surface area contributed by atoms with Crippen molar-refractivity contribution in [2.24, 2.45) is 0 Å². The molecule has 1 aliphatic rings. The van der Waals surface area contributed by atoms with Crippen LogP contribution >= 0.6 is 0 Å². The van der Waals surface area contributed by atoms with Crippen molar-refractivity contribution in [3.63, 3.8) is 0 Å². The van der Waals surface area contributed by atoms with Gasteiger partial charge in [-0.15, -0.1) is 0 Å². The number of carbonyl (C=O) groups excluding carboxylic acids is 1. The summed E-state index contributed by atoms with van der Waals surface area (Å²) in [5, 5.41) is 0. The van der Waals surface area contributed by atoms with Crippen molar-refractivity contribution in [2.75, 3.05) is 28.3 Å². The molecule has 144 valence electrons. The Labute approximate surface area is 154 Å². The van der Waals surface area contributed by atoms with Gasteiger partial charge in [0.1, 0.15) is 6.17 Å². The Morgan fingerprint density at radius 1 is 1.07 bits per heavy atom. The van der Waals surface area contributed by atoms with Crippen molar-refractivity contribution in [3.05, 3.63) is 53.6 Å². The van der Waals surface area contributed by atoms with Crippen LogP contribution in [0.1, 0.15) is 20.3 Å². The van der Waals surface area contributed by atoms with Gasteiger partial charge in [0.15, 0.2) is 23.3 Å². The van der Waals surface area contributed by atoms with Gasteiger partial charge < -0.3 is 4.90 Å². The van der Waals surface area contributed by atoms with Gasteiger partial charge in [-0.1, -0.05) is 19.1 Å². The monoisotopic (exact) mass is 381 g/mol. The van der Waals surface area contributed by atoms with E-state index < -0.39 is 35.0 Å². The van der Waals surface area contributed by atoms with Gasteiger partial charge in [-0.3, -0.25) is 9.80 Å². The number of fused-ring (bicyclic) bond motifs is 1. The van der Waals surface area contributed by atoms with Crippen LogP contribution < -0.4 is 14.7 Å². The van der Waals surface area contributed by atoms with E-state index in [0.29, 0.717) is 18.3 Å². The van der Waals surface area contributed by atoms with Gasteiger partial charge >= 0.3 is 6.03 Å². The van der Waals surface area contributed by atoms with E-state index in [1.807, 2.05) is 30.9 Å². The topological polar surface area (TPSA) is 26.8 Å². The molecule has 0 N–H and O–H groups in total. The van der Waals surface area contributed by atoms with E-state index in [-0.39, 0.29) is 6.17 Å². The maximum absolute atomic E-state index is 14.1. The lowest BCUT2D eigenvalue weighted by atomic mass is 10.2. The highest BCUT2D eigenvalue weighted by atomic mass is 19.2. The van der Waals surface area contributed by atoms with Crippen molar-refractivity contribution >= 4 is 23.1 Å². The van der Waals surface area contributed by atoms with E-state index >= 15 is 0 Å². The normalized spacial score (nSPS) is 15.9. The summed E-state index contributed by atoms with van der Waals surface area (Å²) >= 11 is 0. The Morgan fingerprint density at radius 2 is 1.70 bits per heavy atom. The largest absolute Gasteiger partial charge is 0.349 e. The van der Waals surface area contributed by atoms with Crippen LogP contribution in [0, 0.1) is 23.3 Å². The minimum absolute atomic E-state index is 0.379. The molecule has 2 aromatic rings. The molecule has 27 heavy (non-hydrogen) atoms. The number of urea groups is 1. The number of nitrogens with zero attached hydrogens (tertiary/aromatic N) is 3. The van der Waals surface area contributed by atoms with Gasteiger partial charge in [0, 0.05) is 19.7 Å². The molecular formula is C19H19F4N3O. The molecule has 0 saturated carbocycles. The van der Waals surface area contributed by atoms with Crippen LogP contribution in [0.15, 0.2) is 30.3 Å². The number of carbonyl (C=O) groups is 1. The Bertz CT molecular complexity index is 889. The molecule has 0 fully saturated rings. The third kappa shape index (κ3) is 2.98. The summed E-state index contributed by atoms with van der Waals surface area (Å²) in [5.74, 6) is -7.04. The molecule has 0 bridgehead atoms. The molecule has 0 aliphatic carbocycles. The quantitative estimate of drug-likeness (QED) is 0.430. The third-order valence-corrected chi connectivity index (χ3v) is 4.68. The second-order valence-corrected chi connectivity index (χ2v) is 6.35. The van der Waals surface area contributed by atoms with Crippen molar-refractivity contribution < 1.29 is 22.4 Å². The molecular weight excluding hydrogens is 362 g/mol. The number of amides is 2. The van der Waals surface area contributed by atoms with Gasteiger partial charge in [0.25, 0.3) is 0 Å². The first-order valence-electron chi connectivity index (χ1n) is 8.55. The van der Waals surface area contributed by atoms with E-state index in [4.69, 9.17) is 0 Å². The fourth-order valence-corrected chi connectivity index (χ4v) is 3.33. The summed E-state index contributed by atoms with van der Waals surface area (Å²) < 4.78 is 54.5. The number of para-hydroxylation sites is 2. The molecule has 4 nitrogen and oxygen atoms in total. The summed E-state index contributed by atoms with van der Waals surface area (Å²) in [4.78, 5) is 17.3. The van der Waals surface area contributed by atoms with Crippen molar-refractivity contribution in [3.8, 4) is 0 Å². The van der Waals surface area contributed by atoms with Crippen molar-refractivity contribution in [2.45, 2.75) is 26.4 Å². The smallest absolute Gasteiger partial charge is 0.330 e. The minimum Gasteiger partial charge on any atom is -0.349 e. The van der Waals surface area contributed by atoms with E-state index in [9.17, 15) is 22.4 Å². The Hall–Kier alpha value is -2.77. The van der Waals surface area contributed by atoms with E-state index in [2.05, 4.69) is 0 Å². The van der Waals surface area contributed by atoms with Crippen LogP contribution in [0.5, 0.6) is 0 Å². The highest BCUT2D eigenvalue weighted by Gasteiger charge is 2.38. The van der Waals surface area contributed by atoms with Gasteiger partial charge in [-0.05, 0) is 25.5 Å². The molecule has 0 spiro atoms. The fraction of sp³-hybridized carbons (Fsp3) is 0.316. The maximum atomic E-state index is 14.1. The fourth-order valence-electron chi connectivity index (χ4n) is 3.33. The lowest BCUT2D eigenvalue weighted by Crippen LogP contribution is -2.49. The number of benzene rings is 2. The molecule has 1 atom stereocenters. The first kappa shape index (κ1) is 19.0. The number of halogens is 4. The summed E-state index contributed by atoms with van der Waals surface area (Å²) in [6.45, 7) is 4.51. The average Bonchev–Trinajstić information content (AvgIpc) is 2.94. The molecule has 2 aromatic carbocycles. The van der Waals surface area contributed by atoms with Crippen LogP contribution in [0.25, 0.3) is 0 Å². The number of rotatable bonds is 3. The van der Waals surface area contributed by atoms with Crippen LogP contribution in [-0.2, 0) is 0 Å². The second kappa shape index (κ2) is 7.09. The SMILES string of the molecule is CCCN1c2ccccc2N(C(=O)N(C)c2cc(F)c(F)c(F)c2F)C1C. The Balaban J connectivity index is 2.01. The summed E-state index contributed by atoms with van der Waals surface area (Å²) in [7, 11) is 1.19. The lowest BCUT2D eigenvalue weighted by molar-refractivity contribution is 0.251. The van der Waals surface area contributed by atoms with Crippen molar-refractivity contribution in [1.82, 2.24) is 0 Å². The summed E-state index contributed by atoms with van der Waals surface area (Å²) in [6, 6.07) is 7.01. The lowest BCUT2D eigenvalue weighted by Gasteiger charge is -2.31. The molecule has 0 aromatic heterocycles. The highest BCUT2D eigenvalue weighted by Crippen LogP contribution is 2.40. The predicted octanol–water partition coefficient (Wildman–Crippen LogP) is 4.88. The van der Waals surface area contributed by atoms with Gasteiger partial charge in [-0.2, -0.15) is 0 Å². The zero-order valence-corrected chi connectivity index (χ0v) is 15.1. The van der Waals surface area contributed by atoms with Crippen LogP contribution in [-0.4, -0.2) is 25.8 Å². The number of hydrogen-bond acceptors (Lipinski definition) is 2. The molecule has 1 aliphatic heterocycles. The van der Waals surface area contributed by atoms with E-state index in [1.54, 1.807) is 12.1 Å². The van der Waals surface area contributed by atoms with E-state index in [0.717, 1.165) is 17.0 Å². The Morgan fingerprint density at radius 3 is 2.33 bits per heavy atom. The third-order valence-electron chi connectivity index (χ3n) is 4.68.